The molecule has 0 radical (unpaired) electrons. The Labute approximate surface area is 60.6 Å². The second-order valence-corrected chi connectivity index (χ2v) is 2.97. The molecular formula is C7H14O3. The van der Waals surface area contributed by atoms with Crippen molar-refractivity contribution in [3.63, 3.8) is 0 Å². The molecule has 1 rings (SSSR count). The fraction of sp³-hybridized carbons (Fsp3) is 1.00. The van der Waals surface area contributed by atoms with Crippen LogP contribution in [0, 0.1) is 0 Å². The first kappa shape index (κ1) is 7.98. The van der Waals surface area contributed by atoms with E-state index in [1.807, 2.05) is 13.8 Å². The molecule has 1 heterocycles. The summed E-state index contributed by atoms with van der Waals surface area (Å²) in [5, 5.41) is 17.8. The summed E-state index contributed by atoms with van der Waals surface area (Å²) in [5.74, 6) is 0. The summed E-state index contributed by atoms with van der Waals surface area (Å²) in [6.45, 7) is 3.80. The van der Waals surface area contributed by atoms with E-state index in [0.717, 1.165) is 0 Å². The van der Waals surface area contributed by atoms with Crippen LogP contribution in [0.25, 0.3) is 0 Å². The lowest BCUT2D eigenvalue weighted by Gasteiger charge is -2.12. The van der Waals surface area contributed by atoms with Crippen molar-refractivity contribution in [1.29, 1.82) is 0 Å². The van der Waals surface area contributed by atoms with Gasteiger partial charge in [-0.05, 0) is 20.3 Å². The van der Waals surface area contributed by atoms with Crippen LogP contribution in [0.15, 0.2) is 0 Å². The number of epoxide rings is 1. The van der Waals surface area contributed by atoms with Crippen molar-refractivity contribution < 1.29 is 14.9 Å². The number of rotatable bonds is 3. The summed E-state index contributed by atoms with van der Waals surface area (Å²) < 4.78 is 5.16. The van der Waals surface area contributed by atoms with Gasteiger partial charge in [-0.15, -0.1) is 0 Å². The van der Waals surface area contributed by atoms with Crippen LogP contribution in [0.1, 0.15) is 20.3 Å². The molecule has 2 N–H and O–H groups in total. The van der Waals surface area contributed by atoms with Crippen molar-refractivity contribution >= 4 is 0 Å². The molecule has 3 heteroatoms. The average Bonchev–Trinajstić information content (AvgIpc) is 2.43. The van der Waals surface area contributed by atoms with Crippen LogP contribution in [-0.4, -0.2) is 34.6 Å². The van der Waals surface area contributed by atoms with Gasteiger partial charge in [-0.3, -0.25) is 0 Å². The normalized spacial score (nSPS) is 41.4. The van der Waals surface area contributed by atoms with Gasteiger partial charge in [0.2, 0.25) is 0 Å². The zero-order valence-corrected chi connectivity index (χ0v) is 6.37. The Morgan fingerprint density at radius 2 is 2.20 bits per heavy atom. The van der Waals surface area contributed by atoms with Crippen molar-refractivity contribution in [3.05, 3.63) is 0 Å². The van der Waals surface area contributed by atoms with Crippen molar-refractivity contribution in [2.75, 3.05) is 6.61 Å². The highest BCUT2D eigenvalue weighted by atomic mass is 16.6. The van der Waals surface area contributed by atoms with Gasteiger partial charge in [-0.1, -0.05) is 0 Å². The maximum absolute atomic E-state index is 9.33. The second-order valence-electron chi connectivity index (χ2n) is 2.97. The van der Waals surface area contributed by atoms with Gasteiger partial charge in [0.1, 0.15) is 5.60 Å². The largest absolute Gasteiger partial charge is 0.396 e. The Hall–Kier alpha value is -0.120. The standard InChI is InChI=1S/C7H14O3/c1-5-7(2,10-5)6(9)3-4-8/h5-6,8-9H,3-4H2,1-2H3/t5-,6-,7-/m1/s1. The van der Waals surface area contributed by atoms with Crippen molar-refractivity contribution in [1.82, 2.24) is 0 Å². The number of aliphatic hydroxyl groups excluding tert-OH is 2. The lowest BCUT2D eigenvalue weighted by molar-refractivity contribution is 0.0613. The van der Waals surface area contributed by atoms with Gasteiger partial charge in [-0.25, -0.2) is 0 Å². The lowest BCUT2D eigenvalue weighted by Crippen LogP contribution is -2.29. The minimum Gasteiger partial charge on any atom is -0.396 e. The molecule has 0 amide bonds. The molecule has 0 aromatic rings. The molecule has 0 unspecified atom stereocenters. The number of aliphatic hydroxyl groups is 2. The van der Waals surface area contributed by atoms with Crippen molar-refractivity contribution in [3.8, 4) is 0 Å². The molecule has 0 aromatic heterocycles. The molecule has 0 spiro atoms. The fourth-order valence-corrected chi connectivity index (χ4v) is 1.11. The Morgan fingerprint density at radius 3 is 2.50 bits per heavy atom. The van der Waals surface area contributed by atoms with Crippen LogP contribution in [0.2, 0.25) is 0 Å². The fourth-order valence-electron chi connectivity index (χ4n) is 1.11. The summed E-state index contributed by atoms with van der Waals surface area (Å²) in [7, 11) is 0. The Kier molecular flexibility index (Phi) is 1.99. The molecule has 1 fully saturated rings. The molecule has 10 heavy (non-hydrogen) atoms. The van der Waals surface area contributed by atoms with E-state index in [1.54, 1.807) is 0 Å². The molecule has 3 nitrogen and oxygen atoms in total. The van der Waals surface area contributed by atoms with Gasteiger partial charge >= 0.3 is 0 Å². The summed E-state index contributed by atoms with van der Waals surface area (Å²) >= 11 is 0. The van der Waals surface area contributed by atoms with E-state index < -0.39 is 6.10 Å². The zero-order valence-electron chi connectivity index (χ0n) is 6.37. The number of ether oxygens (including phenoxy) is 1. The van der Waals surface area contributed by atoms with Crippen LogP contribution < -0.4 is 0 Å². The molecule has 1 aliphatic rings. The van der Waals surface area contributed by atoms with E-state index in [2.05, 4.69) is 0 Å². The smallest absolute Gasteiger partial charge is 0.117 e. The van der Waals surface area contributed by atoms with Gasteiger partial charge in [0, 0.05) is 6.61 Å². The van der Waals surface area contributed by atoms with Crippen LogP contribution >= 0.6 is 0 Å². The highest BCUT2D eigenvalue weighted by molar-refractivity contribution is 5.01. The SMILES string of the molecule is C[C@H]1O[C@@]1(C)[C@H](O)CCO. The van der Waals surface area contributed by atoms with Crippen LogP contribution in [0.3, 0.4) is 0 Å². The number of hydrogen-bond donors (Lipinski definition) is 2. The van der Waals surface area contributed by atoms with E-state index in [9.17, 15) is 5.11 Å². The molecule has 3 atom stereocenters. The molecule has 60 valence electrons. The molecule has 0 bridgehead atoms. The first-order chi connectivity index (χ1) is 4.61. The van der Waals surface area contributed by atoms with Gasteiger partial charge in [0.15, 0.2) is 0 Å². The highest BCUT2D eigenvalue weighted by Crippen LogP contribution is 2.39. The van der Waals surface area contributed by atoms with Crippen LogP contribution in [0.4, 0.5) is 0 Å². The molecule has 0 aliphatic carbocycles. The zero-order chi connectivity index (χ0) is 7.78. The van der Waals surface area contributed by atoms with Crippen molar-refractivity contribution in [2.24, 2.45) is 0 Å². The second kappa shape index (κ2) is 2.49. The molecule has 1 saturated heterocycles. The minimum atomic E-state index is -0.521. The third kappa shape index (κ3) is 1.17. The summed E-state index contributed by atoms with van der Waals surface area (Å²) in [5.41, 5.74) is -0.386. The minimum absolute atomic E-state index is 0.0207. The number of hydrogen-bond acceptors (Lipinski definition) is 3. The van der Waals surface area contributed by atoms with Crippen LogP contribution in [-0.2, 0) is 4.74 Å². The summed E-state index contributed by atoms with van der Waals surface area (Å²) in [6.07, 6.45) is 0.0162. The Balaban J connectivity index is 2.34. The average molecular weight is 146 g/mol. The maximum atomic E-state index is 9.33. The quantitative estimate of drug-likeness (QED) is 0.547. The van der Waals surface area contributed by atoms with E-state index in [4.69, 9.17) is 9.84 Å². The molecule has 0 saturated carbocycles. The van der Waals surface area contributed by atoms with Gasteiger partial charge in [-0.2, -0.15) is 0 Å². The van der Waals surface area contributed by atoms with E-state index in [0.29, 0.717) is 6.42 Å². The Bertz CT molecular complexity index is 126. The van der Waals surface area contributed by atoms with E-state index in [1.165, 1.54) is 0 Å². The third-order valence-corrected chi connectivity index (χ3v) is 2.24. The summed E-state index contributed by atoms with van der Waals surface area (Å²) in [6, 6.07) is 0. The van der Waals surface area contributed by atoms with Crippen molar-refractivity contribution in [2.45, 2.75) is 38.1 Å². The summed E-state index contributed by atoms with van der Waals surface area (Å²) in [4.78, 5) is 0. The first-order valence-electron chi connectivity index (χ1n) is 3.58. The third-order valence-electron chi connectivity index (χ3n) is 2.24. The lowest BCUT2D eigenvalue weighted by atomic mass is 9.99. The maximum Gasteiger partial charge on any atom is 0.117 e. The monoisotopic (exact) mass is 146 g/mol. The highest BCUT2D eigenvalue weighted by Gasteiger charge is 2.53. The first-order valence-corrected chi connectivity index (χ1v) is 3.58. The molecule has 0 aromatic carbocycles. The molecular weight excluding hydrogens is 132 g/mol. The van der Waals surface area contributed by atoms with E-state index in [-0.39, 0.29) is 18.3 Å². The van der Waals surface area contributed by atoms with Gasteiger partial charge < -0.3 is 14.9 Å². The topological polar surface area (TPSA) is 53.0 Å². The van der Waals surface area contributed by atoms with E-state index >= 15 is 0 Å². The van der Waals surface area contributed by atoms with Gasteiger partial charge in [0.05, 0.1) is 12.2 Å². The molecule has 1 aliphatic heterocycles. The predicted octanol–water partition coefficient (Wildman–Crippen LogP) is -0.0929. The van der Waals surface area contributed by atoms with Crippen LogP contribution in [0.5, 0.6) is 0 Å². The predicted molar refractivity (Wildman–Crippen MR) is 36.7 cm³/mol. The van der Waals surface area contributed by atoms with Gasteiger partial charge in [0.25, 0.3) is 0 Å². The Morgan fingerprint density at radius 1 is 1.70 bits per heavy atom.